The van der Waals surface area contributed by atoms with Crippen molar-refractivity contribution in [1.82, 2.24) is 19.6 Å². The molecule has 3 fully saturated rings. The van der Waals surface area contributed by atoms with Crippen molar-refractivity contribution < 1.29 is 19.1 Å². The zero-order valence-corrected chi connectivity index (χ0v) is 12.2. The molecule has 0 aliphatic carbocycles. The van der Waals surface area contributed by atoms with Gasteiger partial charge in [-0.25, -0.2) is 4.79 Å². The van der Waals surface area contributed by atoms with Gasteiger partial charge in [-0.1, -0.05) is 0 Å². The van der Waals surface area contributed by atoms with Crippen LogP contribution >= 0.6 is 0 Å². The second-order valence-electron chi connectivity index (χ2n) is 5.72. The van der Waals surface area contributed by atoms with Crippen molar-refractivity contribution in [3.8, 4) is 0 Å². The smallest absolute Gasteiger partial charge is 0.327 e. The number of piperazine rings is 1. The van der Waals surface area contributed by atoms with Gasteiger partial charge in [-0.05, 0) is 0 Å². The molecule has 21 heavy (non-hydrogen) atoms. The topological polar surface area (TPSA) is 73.4 Å². The van der Waals surface area contributed by atoms with Gasteiger partial charge in [0.25, 0.3) is 5.91 Å². The first kappa shape index (κ1) is 14.3. The fourth-order valence-corrected chi connectivity index (χ4v) is 3.03. The molecule has 116 valence electrons. The molecule has 0 spiro atoms. The fourth-order valence-electron chi connectivity index (χ4n) is 3.03. The molecule has 3 aliphatic rings. The molecular weight excluding hydrogens is 276 g/mol. The van der Waals surface area contributed by atoms with Crippen LogP contribution in [0, 0.1) is 0 Å². The van der Waals surface area contributed by atoms with Gasteiger partial charge in [0.15, 0.2) is 0 Å². The summed E-state index contributed by atoms with van der Waals surface area (Å²) in [6, 6.07) is -0.169. The number of urea groups is 1. The predicted molar refractivity (Wildman–Crippen MR) is 72.5 cm³/mol. The molecule has 3 aliphatic heterocycles. The van der Waals surface area contributed by atoms with E-state index in [9.17, 15) is 14.4 Å². The van der Waals surface area contributed by atoms with Crippen LogP contribution in [0.3, 0.4) is 0 Å². The summed E-state index contributed by atoms with van der Waals surface area (Å²) in [5, 5.41) is 0. The highest BCUT2D eigenvalue weighted by atomic mass is 16.5. The minimum atomic E-state index is -0.395. The van der Waals surface area contributed by atoms with Crippen molar-refractivity contribution in [1.29, 1.82) is 0 Å². The molecule has 3 saturated heterocycles. The van der Waals surface area contributed by atoms with Gasteiger partial charge in [-0.2, -0.15) is 0 Å². The second-order valence-corrected chi connectivity index (χ2v) is 5.72. The summed E-state index contributed by atoms with van der Waals surface area (Å²) in [5.41, 5.74) is 0. The highest BCUT2D eigenvalue weighted by Gasteiger charge is 2.37. The van der Waals surface area contributed by atoms with Crippen LogP contribution in [0.2, 0.25) is 0 Å². The average Bonchev–Trinajstić information content (AvgIpc) is 2.73. The molecular formula is C13H20N4O4. The molecule has 0 aromatic rings. The first-order valence-corrected chi connectivity index (χ1v) is 7.21. The monoisotopic (exact) mass is 296 g/mol. The van der Waals surface area contributed by atoms with Crippen LogP contribution in [0.1, 0.15) is 0 Å². The number of carbonyl (C=O) groups is 3. The Morgan fingerprint density at radius 3 is 2.81 bits per heavy atom. The number of ether oxygens (including phenoxy) is 1. The van der Waals surface area contributed by atoms with Crippen molar-refractivity contribution in [3.63, 3.8) is 0 Å². The average molecular weight is 296 g/mol. The number of likely N-dealkylation sites (N-methyl/N-ethyl adjacent to an activating group) is 1. The van der Waals surface area contributed by atoms with Gasteiger partial charge in [0.2, 0.25) is 5.91 Å². The van der Waals surface area contributed by atoms with E-state index in [1.165, 1.54) is 4.90 Å². The van der Waals surface area contributed by atoms with Crippen LogP contribution in [0.5, 0.6) is 0 Å². The van der Waals surface area contributed by atoms with E-state index in [1.807, 2.05) is 0 Å². The van der Waals surface area contributed by atoms with Crippen LogP contribution < -0.4 is 0 Å². The van der Waals surface area contributed by atoms with E-state index >= 15 is 0 Å². The van der Waals surface area contributed by atoms with Gasteiger partial charge in [0, 0.05) is 33.2 Å². The lowest BCUT2D eigenvalue weighted by Crippen LogP contribution is -2.60. The largest absolute Gasteiger partial charge is 0.378 e. The number of carbonyl (C=O) groups excluding carboxylic acids is 3. The highest BCUT2D eigenvalue weighted by Crippen LogP contribution is 2.15. The SMILES string of the molecule is CN1CC(=O)N(CC(=O)N2CCN3CCOCC3C2)C1=O. The van der Waals surface area contributed by atoms with Gasteiger partial charge in [-0.15, -0.1) is 0 Å². The summed E-state index contributed by atoms with van der Waals surface area (Å²) in [6.07, 6.45) is 0. The zero-order chi connectivity index (χ0) is 15.0. The van der Waals surface area contributed by atoms with Crippen LogP contribution in [-0.2, 0) is 14.3 Å². The van der Waals surface area contributed by atoms with E-state index in [0.717, 1.165) is 24.6 Å². The standard InChI is InChI=1S/C13H20N4O4/c1-14-7-12(19)17(13(14)20)8-11(18)16-3-2-15-4-5-21-9-10(15)6-16/h10H,2-9H2,1H3. The third-order valence-corrected chi connectivity index (χ3v) is 4.31. The molecule has 0 N–H and O–H groups in total. The summed E-state index contributed by atoms with van der Waals surface area (Å²) in [4.78, 5) is 42.2. The van der Waals surface area contributed by atoms with Gasteiger partial charge in [-0.3, -0.25) is 19.4 Å². The number of fused-ring (bicyclic) bond motifs is 1. The fraction of sp³-hybridized carbons (Fsp3) is 0.769. The molecule has 8 heteroatoms. The third-order valence-electron chi connectivity index (χ3n) is 4.31. The molecule has 1 atom stereocenters. The van der Waals surface area contributed by atoms with E-state index in [4.69, 9.17) is 4.74 Å². The van der Waals surface area contributed by atoms with E-state index in [0.29, 0.717) is 19.7 Å². The molecule has 0 radical (unpaired) electrons. The molecule has 0 saturated carbocycles. The van der Waals surface area contributed by atoms with Crippen LogP contribution in [0.4, 0.5) is 4.79 Å². The van der Waals surface area contributed by atoms with Crippen molar-refractivity contribution >= 4 is 17.8 Å². The molecule has 0 aromatic heterocycles. The van der Waals surface area contributed by atoms with Gasteiger partial charge >= 0.3 is 6.03 Å². The number of amides is 4. The Morgan fingerprint density at radius 1 is 1.29 bits per heavy atom. The number of imide groups is 1. The molecule has 1 unspecified atom stereocenters. The Balaban J connectivity index is 1.58. The number of hydrogen-bond acceptors (Lipinski definition) is 5. The van der Waals surface area contributed by atoms with Gasteiger partial charge in [0.1, 0.15) is 13.1 Å². The highest BCUT2D eigenvalue weighted by molar-refractivity contribution is 6.04. The Hall–Kier alpha value is -1.67. The molecule has 4 amide bonds. The number of nitrogens with zero attached hydrogens (tertiary/aromatic N) is 4. The number of rotatable bonds is 2. The third kappa shape index (κ3) is 2.73. The Kier molecular flexibility index (Phi) is 3.81. The molecule has 0 aromatic carbocycles. The van der Waals surface area contributed by atoms with Crippen molar-refractivity contribution in [2.45, 2.75) is 6.04 Å². The molecule has 8 nitrogen and oxygen atoms in total. The van der Waals surface area contributed by atoms with E-state index in [1.54, 1.807) is 11.9 Å². The summed E-state index contributed by atoms with van der Waals surface area (Å²) in [7, 11) is 1.56. The maximum Gasteiger partial charge on any atom is 0.327 e. The molecule has 3 rings (SSSR count). The summed E-state index contributed by atoms with van der Waals surface area (Å²) in [6.45, 7) is 4.24. The molecule has 3 heterocycles. The lowest BCUT2D eigenvalue weighted by atomic mass is 10.1. The maximum absolute atomic E-state index is 12.3. The lowest BCUT2D eigenvalue weighted by Gasteiger charge is -2.43. The van der Waals surface area contributed by atoms with Crippen LogP contribution in [0.15, 0.2) is 0 Å². The number of hydrogen-bond donors (Lipinski definition) is 0. The summed E-state index contributed by atoms with van der Waals surface area (Å²) in [5.74, 6) is -0.479. The second kappa shape index (κ2) is 5.61. The minimum absolute atomic E-state index is 0.0519. The first-order chi connectivity index (χ1) is 10.1. The quantitative estimate of drug-likeness (QED) is 0.575. The van der Waals surface area contributed by atoms with E-state index in [2.05, 4.69) is 4.90 Å². The first-order valence-electron chi connectivity index (χ1n) is 7.21. The van der Waals surface area contributed by atoms with Crippen molar-refractivity contribution in [3.05, 3.63) is 0 Å². The Morgan fingerprint density at radius 2 is 2.10 bits per heavy atom. The zero-order valence-electron chi connectivity index (χ0n) is 12.2. The lowest BCUT2D eigenvalue weighted by molar-refractivity contribution is -0.140. The predicted octanol–water partition coefficient (Wildman–Crippen LogP) is -1.58. The normalized spacial score (nSPS) is 27.3. The number of morpholine rings is 1. The van der Waals surface area contributed by atoms with Crippen molar-refractivity contribution in [2.24, 2.45) is 0 Å². The van der Waals surface area contributed by atoms with E-state index in [-0.39, 0.29) is 30.9 Å². The van der Waals surface area contributed by atoms with Gasteiger partial charge < -0.3 is 14.5 Å². The van der Waals surface area contributed by atoms with Crippen LogP contribution in [0.25, 0.3) is 0 Å². The maximum atomic E-state index is 12.3. The van der Waals surface area contributed by atoms with E-state index < -0.39 is 6.03 Å². The summed E-state index contributed by atoms with van der Waals surface area (Å²) >= 11 is 0. The minimum Gasteiger partial charge on any atom is -0.378 e. The van der Waals surface area contributed by atoms with Gasteiger partial charge in [0.05, 0.1) is 19.3 Å². The Bertz CT molecular complexity index is 469. The van der Waals surface area contributed by atoms with Crippen molar-refractivity contribution in [2.75, 3.05) is 59.5 Å². The van der Waals surface area contributed by atoms with Crippen LogP contribution in [-0.4, -0.2) is 103 Å². The Labute approximate surface area is 123 Å². The summed E-state index contributed by atoms with van der Waals surface area (Å²) < 4.78 is 5.44. The molecule has 0 bridgehead atoms.